The van der Waals surface area contributed by atoms with Crippen molar-refractivity contribution in [1.29, 1.82) is 0 Å². The second-order valence-corrected chi connectivity index (χ2v) is 5.40. The van der Waals surface area contributed by atoms with Crippen LogP contribution < -0.4 is 5.32 Å². The highest BCUT2D eigenvalue weighted by molar-refractivity contribution is 9.10. The molecule has 0 aromatic heterocycles. The second kappa shape index (κ2) is 5.91. The molecule has 0 bridgehead atoms. The molecule has 94 valence electrons. The Balaban J connectivity index is 2.06. The molecule has 0 radical (unpaired) electrons. The van der Waals surface area contributed by atoms with Gasteiger partial charge in [-0.1, -0.05) is 29.3 Å². The normalized spacial score (nSPS) is 10.4. The van der Waals surface area contributed by atoms with E-state index in [1.54, 1.807) is 6.07 Å². The predicted octanol–water partition coefficient (Wildman–Crippen LogP) is 5.51. The van der Waals surface area contributed by atoms with E-state index < -0.39 is 5.82 Å². The van der Waals surface area contributed by atoms with Crippen LogP contribution in [0.1, 0.15) is 5.56 Å². The predicted molar refractivity (Wildman–Crippen MR) is 77.9 cm³/mol. The van der Waals surface area contributed by atoms with Crippen molar-refractivity contribution < 1.29 is 4.39 Å². The average molecular weight is 349 g/mol. The summed E-state index contributed by atoms with van der Waals surface area (Å²) in [5.74, 6) is -0.435. The lowest BCUT2D eigenvalue weighted by Gasteiger charge is -2.08. The summed E-state index contributed by atoms with van der Waals surface area (Å²) >= 11 is 14.9. The Bertz CT molecular complexity index is 523. The summed E-state index contributed by atoms with van der Waals surface area (Å²) in [7, 11) is 0. The molecule has 0 amide bonds. The second-order valence-electron chi connectivity index (χ2n) is 3.73. The first-order valence-electron chi connectivity index (χ1n) is 5.19. The molecule has 0 spiro atoms. The molecule has 0 atom stereocenters. The molecule has 0 heterocycles. The molecule has 0 aliphatic heterocycles. The standard InChI is InChI=1S/C13H9BrCl2FN/c14-10-3-1-8(5-12(10)16)7-18-9-2-4-11(15)13(17)6-9/h1-6,18H,7H2. The van der Waals surface area contributed by atoms with Gasteiger partial charge >= 0.3 is 0 Å². The molecule has 0 saturated heterocycles. The van der Waals surface area contributed by atoms with Crippen LogP contribution in [0, 0.1) is 5.82 Å². The summed E-state index contributed by atoms with van der Waals surface area (Å²) in [6.07, 6.45) is 0. The smallest absolute Gasteiger partial charge is 0.143 e. The molecular formula is C13H9BrCl2FN. The fraction of sp³-hybridized carbons (Fsp3) is 0.0769. The van der Waals surface area contributed by atoms with Gasteiger partial charge in [0.05, 0.1) is 10.0 Å². The minimum atomic E-state index is -0.435. The van der Waals surface area contributed by atoms with E-state index in [1.165, 1.54) is 12.1 Å². The molecule has 5 heteroatoms. The quantitative estimate of drug-likeness (QED) is 0.771. The minimum Gasteiger partial charge on any atom is -0.381 e. The van der Waals surface area contributed by atoms with Crippen LogP contribution in [-0.2, 0) is 6.54 Å². The molecule has 2 aromatic rings. The van der Waals surface area contributed by atoms with Crippen LogP contribution in [0.4, 0.5) is 10.1 Å². The monoisotopic (exact) mass is 347 g/mol. The van der Waals surface area contributed by atoms with Gasteiger partial charge in [-0.2, -0.15) is 0 Å². The Morgan fingerprint density at radius 2 is 1.83 bits per heavy atom. The van der Waals surface area contributed by atoms with Gasteiger partial charge in [0.2, 0.25) is 0 Å². The van der Waals surface area contributed by atoms with Crippen LogP contribution in [0.15, 0.2) is 40.9 Å². The topological polar surface area (TPSA) is 12.0 Å². The van der Waals surface area contributed by atoms with E-state index >= 15 is 0 Å². The van der Waals surface area contributed by atoms with Crippen molar-refractivity contribution in [3.63, 3.8) is 0 Å². The Hall–Kier alpha value is -0.770. The van der Waals surface area contributed by atoms with Crippen molar-refractivity contribution in [2.45, 2.75) is 6.54 Å². The fourth-order valence-corrected chi connectivity index (χ4v) is 2.03. The van der Waals surface area contributed by atoms with Gasteiger partial charge in [-0.15, -0.1) is 0 Å². The lowest BCUT2D eigenvalue weighted by molar-refractivity contribution is 0.628. The van der Waals surface area contributed by atoms with Crippen LogP contribution in [0.5, 0.6) is 0 Å². The molecular weight excluding hydrogens is 340 g/mol. The molecule has 2 rings (SSSR count). The lowest BCUT2D eigenvalue weighted by atomic mass is 10.2. The van der Waals surface area contributed by atoms with Crippen molar-refractivity contribution in [1.82, 2.24) is 0 Å². The van der Waals surface area contributed by atoms with Crippen LogP contribution in [0.3, 0.4) is 0 Å². The number of anilines is 1. The van der Waals surface area contributed by atoms with Gasteiger partial charge in [0.25, 0.3) is 0 Å². The van der Waals surface area contributed by atoms with Gasteiger partial charge in [0.15, 0.2) is 0 Å². The average Bonchev–Trinajstić information content (AvgIpc) is 2.35. The van der Waals surface area contributed by atoms with E-state index in [2.05, 4.69) is 21.2 Å². The summed E-state index contributed by atoms with van der Waals surface area (Å²) in [4.78, 5) is 0. The number of nitrogens with one attached hydrogen (secondary N) is 1. The number of hydrogen-bond acceptors (Lipinski definition) is 1. The summed E-state index contributed by atoms with van der Waals surface area (Å²) in [5, 5.41) is 3.87. The van der Waals surface area contributed by atoms with Crippen molar-refractivity contribution in [3.8, 4) is 0 Å². The van der Waals surface area contributed by atoms with Crippen molar-refractivity contribution in [3.05, 3.63) is 62.3 Å². The molecule has 0 aliphatic carbocycles. The zero-order chi connectivity index (χ0) is 13.1. The van der Waals surface area contributed by atoms with Crippen LogP contribution in [-0.4, -0.2) is 0 Å². The zero-order valence-corrected chi connectivity index (χ0v) is 12.3. The highest BCUT2D eigenvalue weighted by Gasteiger charge is 2.02. The van der Waals surface area contributed by atoms with Crippen LogP contribution >= 0.6 is 39.1 Å². The van der Waals surface area contributed by atoms with Gasteiger partial charge in [0.1, 0.15) is 5.82 Å². The number of benzene rings is 2. The first-order chi connectivity index (χ1) is 8.56. The van der Waals surface area contributed by atoms with Crippen molar-refractivity contribution in [2.75, 3.05) is 5.32 Å². The van der Waals surface area contributed by atoms with Crippen molar-refractivity contribution >= 4 is 44.8 Å². The summed E-state index contributed by atoms with van der Waals surface area (Å²) in [6.45, 7) is 0.564. The SMILES string of the molecule is Fc1cc(NCc2ccc(Br)c(Cl)c2)ccc1Cl. The molecule has 0 aliphatic rings. The Morgan fingerprint density at radius 1 is 1.06 bits per heavy atom. The maximum atomic E-state index is 13.2. The maximum Gasteiger partial charge on any atom is 0.143 e. The summed E-state index contributed by atoms with van der Waals surface area (Å²) < 4.78 is 14.1. The van der Waals surface area contributed by atoms with Gasteiger partial charge in [0, 0.05) is 16.7 Å². The van der Waals surface area contributed by atoms with Gasteiger partial charge < -0.3 is 5.32 Å². The van der Waals surface area contributed by atoms with Crippen LogP contribution in [0.2, 0.25) is 10.0 Å². The van der Waals surface area contributed by atoms with Gasteiger partial charge in [-0.3, -0.25) is 0 Å². The molecule has 0 saturated carbocycles. The minimum absolute atomic E-state index is 0.118. The highest BCUT2D eigenvalue weighted by atomic mass is 79.9. The summed E-state index contributed by atoms with van der Waals surface area (Å²) in [6, 6.07) is 10.3. The number of halogens is 4. The third kappa shape index (κ3) is 3.37. The van der Waals surface area contributed by atoms with Crippen molar-refractivity contribution in [2.24, 2.45) is 0 Å². The molecule has 18 heavy (non-hydrogen) atoms. The third-order valence-electron chi connectivity index (χ3n) is 2.40. The summed E-state index contributed by atoms with van der Waals surface area (Å²) in [5.41, 5.74) is 1.69. The van der Waals surface area contributed by atoms with Gasteiger partial charge in [-0.25, -0.2) is 4.39 Å². The van der Waals surface area contributed by atoms with E-state index in [4.69, 9.17) is 23.2 Å². The first-order valence-corrected chi connectivity index (χ1v) is 6.74. The number of hydrogen-bond donors (Lipinski definition) is 1. The fourth-order valence-electron chi connectivity index (χ4n) is 1.46. The Morgan fingerprint density at radius 3 is 2.50 bits per heavy atom. The zero-order valence-electron chi connectivity index (χ0n) is 9.18. The lowest BCUT2D eigenvalue weighted by Crippen LogP contribution is -1.99. The number of rotatable bonds is 3. The van der Waals surface area contributed by atoms with E-state index in [0.717, 1.165) is 10.0 Å². The molecule has 1 N–H and O–H groups in total. The van der Waals surface area contributed by atoms with Crippen LogP contribution in [0.25, 0.3) is 0 Å². The van der Waals surface area contributed by atoms with E-state index in [-0.39, 0.29) is 5.02 Å². The van der Waals surface area contributed by atoms with E-state index in [1.807, 2.05) is 18.2 Å². The largest absolute Gasteiger partial charge is 0.381 e. The maximum absolute atomic E-state index is 13.2. The molecule has 0 unspecified atom stereocenters. The Kier molecular flexibility index (Phi) is 4.49. The third-order valence-corrected chi connectivity index (χ3v) is 3.94. The molecule has 1 nitrogen and oxygen atoms in total. The van der Waals surface area contributed by atoms with E-state index in [0.29, 0.717) is 17.3 Å². The highest BCUT2D eigenvalue weighted by Crippen LogP contribution is 2.24. The van der Waals surface area contributed by atoms with E-state index in [9.17, 15) is 4.39 Å². The molecule has 2 aromatic carbocycles. The first kappa shape index (κ1) is 13.7. The Labute approximate surface area is 123 Å². The molecule has 0 fully saturated rings. The van der Waals surface area contributed by atoms with Gasteiger partial charge in [-0.05, 0) is 51.8 Å².